The molecule has 1 aliphatic carbocycles. The van der Waals surface area contributed by atoms with Crippen molar-refractivity contribution in [1.82, 2.24) is 0 Å². The Morgan fingerprint density at radius 2 is 2.22 bits per heavy atom. The van der Waals surface area contributed by atoms with Crippen molar-refractivity contribution < 1.29 is 9.84 Å². The fourth-order valence-electron chi connectivity index (χ4n) is 3.41. The summed E-state index contributed by atoms with van der Waals surface area (Å²) in [5.74, 6) is 1.38. The second kappa shape index (κ2) is 4.53. The maximum absolute atomic E-state index is 10.4. The second-order valence-corrected chi connectivity index (χ2v) is 6.63. The van der Waals surface area contributed by atoms with Crippen LogP contribution in [0.4, 0.5) is 0 Å². The number of benzene rings is 1. The molecule has 2 aliphatic rings. The number of aliphatic hydroxyl groups is 1. The number of aliphatic hydroxyl groups excluding tert-OH is 1. The van der Waals surface area contributed by atoms with Crippen molar-refractivity contribution in [2.24, 2.45) is 5.92 Å². The smallest absolute Gasteiger partial charge is 0.127 e. The number of hydrogen-bond acceptors (Lipinski definition) is 2. The molecule has 3 heteroatoms. The van der Waals surface area contributed by atoms with Crippen LogP contribution in [0.5, 0.6) is 5.75 Å². The zero-order valence-electron chi connectivity index (χ0n) is 10.7. The Hall–Kier alpha value is -0.540. The first-order chi connectivity index (χ1) is 8.61. The number of fused-ring (bicyclic) bond motifs is 1. The third-order valence-electron chi connectivity index (χ3n) is 4.57. The van der Waals surface area contributed by atoms with Crippen molar-refractivity contribution in [3.05, 3.63) is 28.2 Å². The lowest BCUT2D eigenvalue weighted by Crippen LogP contribution is -2.48. The fraction of sp³-hybridized carbons (Fsp3) is 0.600. The quantitative estimate of drug-likeness (QED) is 0.777. The Bertz CT molecular complexity index is 460. The van der Waals surface area contributed by atoms with Crippen molar-refractivity contribution in [1.29, 1.82) is 0 Å². The van der Waals surface area contributed by atoms with Gasteiger partial charge in [0.05, 0.1) is 6.10 Å². The molecule has 1 aliphatic heterocycles. The van der Waals surface area contributed by atoms with E-state index in [0.29, 0.717) is 5.92 Å². The van der Waals surface area contributed by atoms with Gasteiger partial charge in [0.15, 0.2) is 0 Å². The molecule has 18 heavy (non-hydrogen) atoms. The summed E-state index contributed by atoms with van der Waals surface area (Å²) in [4.78, 5) is 0. The molecular weight excluding hydrogens is 292 g/mol. The van der Waals surface area contributed by atoms with Gasteiger partial charge in [-0.2, -0.15) is 0 Å². The zero-order valence-corrected chi connectivity index (χ0v) is 12.2. The topological polar surface area (TPSA) is 29.5 Å². The number of halogens is 1. The molecule has 3 atom stereocenters. The average Bonchev–Trinajstić information content (AvgIpc) is 2.32. The molecule has 1 N–H and O–H groups in total. The summed E-state index contributed by atoms with van der Waals surface area (Å²) in [5.41, 5.74) is 0.785. The van der Waals surface area contributed by atoms with Gasteiger partial charge >= 0.3 is 0 Å². The lowest BCUT2D eigenvalue weighted by molar-refractivity contribution is -0.0717. The summed E-state index contributed by atoms with van der Waals surface area (Å²) in [5, 5.41) is 10.4. The fourth-order valence-corrected chi connectivity index (χ4v) is 3.75. The molecule has 0 aromatic heterocycles. The van der Waals surface area contributed by atoms with Gasteiger partial charge in [-0.25, -0.2) is 0 Å². The molecular formula is C15H19BrO2. The van der Waals surface area contributed by atoms with Gasteiger partial charge in [0, 0.05) is 16.5 Å². The summed E-state index contributed by atoms with van der Waals surface area (Å²) >= 11 is 3.48. The Balaban J connectivity index is 1.99. The van der Waals surface area contributed by atoms with Gasteiger partial charge in [-0.1, -0.05) is 35.3 Å². The molecule has 0 saturated heterocycles. The monoisotopic (exact) mass is 310 g/mol. The molecule has 0 bridgehead atoms. The van der Waals surface area contributed by atoms with E-state index in [4.69, 9.17) is 4.74 Å². The highest BCUT2D eigenvalue weighted by molar-refractivity contribution is 9.10. The van der Waals surface area contributed by atoms with Crippen molar-refractivity contribution in [3.63, 3.8) is 0 Å². The predicted molar refractivity (Wildman–Crippen MR) is 74.7 cm³/mol. The van der Waals surface area contributed by atoms with E-state index < -0.39 is 0 Å². The van der Waals surface area contributed by atoms with Gasteiger partial charge < -0.3 is 9.84 Å². The van der Waals surface area contributed by atoms with Crippen molar-refractivity contribution in [2.75, 3.05) is 0 Å². The van der Waals surface area contributed by atoms with Crippen LogP contribution in [0.3, 0.4) is 0 Å². The highest BCUT2D eigenvalue weighted by atomic mass is 79.9. The Morgan fingerprint density at radius 3 is 3.00 bits per heavy atom. The van der Waals surface area contributed by atoms with E-state index in [2.05, 4.69) is 22.9 Å². The van der Waals surface area contributed by atoms with Crippen LogP contribution in [-0.2, 0) is 0 Å². The summed E-state index contributed by atoms with van der Waals surface area (Å²) < 4.78 is 7.34. The second-order valence-electron chi connectivity index (χ2n) is 5.72. The summed E-state index contributed by atoms with van der Waals surface area (Å²) in [7, 11) is 0. The molecule has 2 nitrogen and oxygen atoms in total. The van der Waals surface area contributed by atoms with E-state index in [1.807, 2.05) is 18.2 Å². The standard InChI is InChI=1S/C15H19BrO2/c1-10-4-2-3-7-15(10)9-13(17)12-6-5-11(16)8-14(12)18-15/h5-6,8,10,13,17H,2-4,7,9H2,1H3/t10?,13-,15?/m1/s1. The molecule has 2 unspecified atom stereocenters. The van der Waals surface area contributed by atoms with E-state index >= 15 is 0 Å². The van der Waals surface area contributed by atoms with Gasteiger partial charge in [0.2, 0.25) is 0 Å². The molecule has 1 heterocycles. The molecule has 1 aromatic carbocycles. The van der Waals surface area contributed by atoms with Gasteiger partial charge in [-0.3, -0.25) is 0 Å². The SMILES string of the molecule is CC1CCCCC12C[C@@H](O)c1ccc(Br)cc1O2. The van der Waals surface area contributed by atoms with Crippen molar-refractivity contribution in [2.45, 2.75) is 50.7 Å². The first-order valence-electron chi connectivity index (χ1n) is 6.77. The zero-order chi connectivity index (χ0) is 12.8. The molecule has 0 amide bonds. The number of hydrogen-bond donors (Lipinski definition) is 1. The average molecular weight is 311 g/mol. The van der Waals surface area contributed by atoms with E-state index in [1.54, 1.807) is 0 Å². The van der Waals surface area contributed by atoms with Crippen LogP contribution in [-0.4, -0.2) is 10.7 Å². The van der Waals surface area contributed by atoms with Crippen molar-refractivity contribution >= 4 is 15.9 Å². The maximum Gasteiger partial charge on any atom is 0.127 e. The van der Waals surface area contributed by atoms with Crippen LogP contribution in [0.15, 0.2) is 22.7 Å². The Kier molecular flexibility index (Phi) is 3.15. The van der Waals surface area contributed by atoms with Crippen LogP contribution >= 0.6 is 15.9 Å². The predicted octanol–water partition coefficient (Wildman–Crippen LogP) is 4.21. The van der Waals surface area contributed by atoms with Crippen LogP contribution in [0.25, 0.3) is 0 Å². The molecule has 0 radical (unpaired) electrons. The Labute approximate surface area is 116 Å². The van der Waals surface area contributed by atoms with E-state index in [1.165, 1.54) is 19.3 Å². The minimum Gasteiger partial charge on any atom is -0.486 e. The van der Waals surface area contributed by atoms with Crippen LogP contribution in [0, 0.1) is 5.92 Å². The molecule has 98 valence electrons. The maximum atomic E-state index is 10.4. The van der Waals surface area contributed by atoms with E-state index in [9.17, 15) is 5.11 Å². The largest absolute Gasteiger partial charge is 0.486 e. The normalized spacial score (nSPS) is 35.1. The van der Waals surface area contributed by atoms with Crippen LogP contribution in [0.1, 0.15) is 50.7 Å². The van der Waals surface area contributed by atoms with Crippen LogP contribution in [0.2, 0.25) is 0 Å². The van der Waals surface area contributed by atoms with Crippen LogP contribution < -0.4 is 4.74 Å². The van der Waals surface area contributed by atoms with Crippen molar-refractivity contribution in [3.8, 4) is 5.75 Å². The van der Waals surface area contributed by atoms with E-state index in [-0.39, 0.29) is 11.7 Å². The molecule has 1 spiro atoms. The lowest BCUT2D eigenvalue weighted by Gasteiger charge is -2.47. The summed E-state index contributed by atoms with van der Waals surface area (Å²) in [6.45, 7) is 2.26. The van der Waals surface area contributed by atoms with E-state index in [0.717, 1.165) is 28.6 Å². The third-order valence-corrected chi connectivity index (χ3v) is 5.07. The molecule has 1 aromatic rings. The number of ether oxygens (including phenoxy) is 1. The Morgan fingerprint density at radius 1 is 1.39 bits per heavy atom. The van der Waals surface area contributed by atoms with Gasteiger partial charge in [-0.05, 0) is 37.3 Å². The number of rotatable bonds is 0. The minimum absolute atomic E-state index is 0.147. The molecule has 1 saturated carbocycles. The van der Waals surface area contributed by atoms with Gasteiger partial charge in [-0.15, -0.1) is 0 Å². The highest BCUT2D eigenvalue weighted by Gasteiger charge is 2.45. The summed E-state index contributed by atoms with van der Waals surface area (Å²) in [6.07, 6.45) is 5.12. The van der Waals surface area contributed by atoms with Gasteiger partial charge in [0.25, 0.3) is 0 Å². The molecule has 3 rings (SSSR count). The lowest BCUT2D eigenvalue weighted by atomic mass is 9.71. The first kappa shape index (κ1) is 12.5. The van der Waals surface area contributed by atoms with Gasteiger partial charge in [0.1, 0.15) is 11.4 Å². The third kappa shape index (κ3) is 1.97. The first-order valence-corrected chi connectivity index (χ1v) is 7.56. The highest BCUT2D eigenvalue weighted by Crippen LogP contribution is 2.48. The summed E-state index contributed by atoms with van der Waals surface area (Å²) in [6, 6.07) is 5.92. The molecule has 1 fully saturated rings. The minimum atomic E-state index is -0.387.